The van der Waals surface area contributed by atoms with Gasteiger partial charge in [0, 0.05) is 18.8 Å². The molecular formula is C23H32N2O6. The standard InChI is InChI=1S/C15H24N2O2.C8H8O4/c1-4-5-10-16-14-8-6-13(7-9-14)15(18)19-12-11-17(2)3;1-12-7-4-5(8(10)11)2-3-6(7)9/h6-9,16H,4-5,10-12H2,1-3H3;2-4,9H,1H3,(H,10,11). The van der Waals surface area contributed by atoms with Crippen molar-refractivity contribution in [2.45, 2.75) is 19.8 Å². The van der Waals surface area contributed by atoms with Crippen LogP contribution >= 0.6 is 0 Å². The van der Waals surface area contributed by atoms with E-state index in [9.17, 15) is 9.59 Å². The average Bonchev–Trinajstić information content (AvgIpc) is 2.74. The fraction of sp³-hybridized carbons (Fsp3) is 0.391. The number of esters is 1. The molecule has 0 atom stereocenters. The van der Waals surface area contributed by atoms with Crippen LogP contribution in [0.15, 0.2) is 42.5 Å². The van der Waals surface area contributed by atoms with E-state index in [2.05, 4.69) is 12.2 Å². The van der Waals surface area contributed by atoms with E-state index in [0.717, 1.165) is 25.2 Å². The van der Waals surface area contributed by atoms with E-state index in [1.165, 1.54) is 31.7 Å². The Kier molecular flexibility index (Phi) is 11.5. The topological polar surface area (TPSA) is 108 Å². The second kappa shape index (κ2) is 13.9. The number of methoxy groups -OCH3 is 1. The minimum Gasteiger partial charge on any atom is -0.504 e. The van der Waals surface area contributed by atoms with Gasteiger partial charge in [-0.05, 0) is 63.0 Å². The molecule has 31 heavy (non-hydrogen) atoms. The molecule has 0 fully saturated rings. The first kappa shape index (κ1) is 25.8. The summed E-state index contributed by atoms with van der Waals surface area (Å²) in [5.74, 6) is -1.22. The zero-order valence-corrected chi connectivity index (χ0v) is 18.6. The third-order valence-corrected chi connectivity index (χ3v) is 4.18. The molecule has 0 saturated heterocycles. The third kappa shape index (κ3) is 9.86. The van der Waals surface area contributed by atoms with Crippen molar-refractivity contribution in [3.05, 3.63) is 53.6 Å². The number of carboxylic acids is 1. The van der Waals surface area contributed by atoms with Gasteiger partial charge in [-0.1, -0.05) is 13.3 Å². The first-order chi connectivity index (χ1) is 14.8. The van der Waals surface area contributed by atoms with Crippen LogP contribution in [0.2, 0.25) is 0 Å². The van der Waals surface area contributed by atoms with Crippen LogP contribution in [0.3, 0.4) is 0 Å². The molecule has 0 aromatic heterocycles. The van der Waals surface area contributed by atoms with Gasteiger partial charge in [0.2, 0.25) is 0 Å². The van der Waals surface area contributed by atoms with Gasteiger partial charge in [-0.3, -0.25) is 0 Å². The number of benzene rings is 2. The van der Waals surface area contributed by atoms with Crippen molar-refractivity contribution in [2.24, 2.45) is 0 Å². The van der Waals surface area contributed by atoms with Gasteiger partial charge in [-0.25, -0.2) is 9.59 Å². The Labute approximate surface area is 183 Å². The van der Waals surface area contributed by atoms with E-state index < -0.39 is 5.97 Å². The van der Waals surface area contributed by atoms with Crippen LogP contribution in [0, 0.1) is 0 Å². The maximum atomic E-state index is 11.7. The Morgan fingerprint density at radius 2 is 1.71 bits per heavy atom. The van der Waals surface area contributed by atoms with Crippen molar-refractivity contribution in [1.29, 1.82) is 0 Å². The maximum absolute atomic E-state index is 11.7. The Balaban J connectivity index is 0.000000343. The van der Waals surface area contributed by atoms with E-state index in [1.807, 2.05) is 31.1 Å². The lowest BCUT2D eigenvalue weighted by Crippen LogP contribution is -2.20. The van der Waals surface area contributed by atoms with Gasteiger partial charge >= 0.3 is 11.9 Å². The minimum atomic E-state index is -1.05. The molecule has 0 radical (unpaired) electrons. The molecule has 3 N–H and O–H groups in total. The molecule has 0 unspecified atom stereocenters. The molecule has 0 bridgehead atoms. The molecule has 0 aliphatic heterocycles. The molecule has 0 spiro atoms. The summed E-state index contributed by atoms with van der Waals surface area (Å²) in [5, 5.41) is 21.0. The number of carbonyl (C=O) groups is 2. The van der Waals surface area contributed by atoms with Gasteiger partial charge in [-0.15, -0.1) is 0 Å². The van der Waals surface area contributed by atoms with E-state index in [1.54, 1.807) is 12.1 Å². The number of likely N-dealkylation sites (N-methyl/N-ethyl adjacent to an activating group) is 1. The number of anilines is 1. The van der Waals surface area contributed by atoms with Gasteiger partial charge in [-0.2, -0.15) is 0 Å². The van der Waals surface area contributed by atoms with Crippen LogP contribution in [0.5, 0.6) is 11.5 Å². The number of unbranched alkanes of at least 4 members (excludes halogenated alkanes) is 1. The molecule has 0 saturated carbocycles. The number of carboxylic acid groups (broad SMARTS) is 1. The molecule has 2 aromatic rings. The number of nitrogens with one attached hydrogen (secondary N) is 1. The SMILES string of the molecule is CCCCNc1ccc(C(=O)OCCN(C)C)cc1.COc1cc(C(=O)O)ccc1O. The van der Waals surface area contributed by atoms with Gasteiger partial charge in [0.1, 0.15) is 6.61 Å². The number of rotatable bonds is 10. The number of aromatic hydroxyl groups is 1. The monoisotopic (exact) mass is 432 g/mol. The summed E-state index contributed by atoms with van der Waals surface area (Å²) in [7, 11) is 5.26. The van der Waals surface area contributed by atoms with Gasteiger partial charge in [0.15, 0.2) is 11.5 Å². The fourth-order valence-electron chi connectivity index (χ4n) is 2.35. The highest BCUT2D eigenvalue weighted by atomic mass is 16.5. The first-order valence-electron chi connectivity index (χ1n) is 10.0. The molecule has 2 rings (SSSR count). The van der Waals surface area contributed by atoms with Crippen molar-refractivity contribution in [3.8, 4) is 11.5 Å². The van der Waals surface area contributed by atoms with E-state index in [4.69, 9.17) is 19.7 Å². The van der Waals surface area contributed by atoms with Crippen LogP contribution in [-0.2, 0) is 4.74 Å². The zero-order valence-electron chi connectivity index (χ0n) is 18.6. The van der Waals surface area contributed by atoms with Crippen LogP contribution in [0.25, 0.3) is 0 Å². The van der Waals surface area contributed by atoms with Crippen molar-refractivity contribution in [2.75, 3.05) is 46.2 Å². The molecule has 0 heterocycles. The molecule has 0 aliphatic rings. The predicted molar refractivity (Wildman–Crippen MR) is 120 cm³/mol. The summed E-state index contributed by atoms with van der Waals surface area (Å²) in [6, 6.07) is 11.3. The number of carbonyl (C=O) groups excluding carboxylic acids is 1. The number of aromatic carboxylic acids is 1. The molecule has 0 aliphatic carbocycles. The fourth-order valence-corrected chi connectivity index (χ4v) is 2.35. The highest BCUT2D eigenvalue weighted by molar-refractivity contribution is 5.90. The average molecular weight is 433 g/mol. The van der Waals surface area contributed by atoms with E-state index >= 15 is 0 Å². The van der Waals surface area contributed by atoms with Gasteiger partial charge in [0.05, 0.1) is 18.2 Å². The van der Waals surface area contributed by atoms with Crippen molar-refractivity contribution < 1.29 is 29.3 Å². The number of phenolic OH excluding ortho intramolecular Hbond substituents is 1. The summed E-state index contributed by atoms with van der Waals surface area (Å²) >= 11 is 0. The molecule has 8 heteroatoms. The summed E-state index contributed by atoms with van der Waals surface area (Å²) < 4.78 is 9.90. The molecular weight excluding hydrogens is 400 g/mol. The lowest BCUT2D eigenvalue weighted by molar-refractivity contribution is 0.0481. The van der Waals surface area contributed by atoms with Gasteiger partial charge in [0.25, 0.3) is 0 Å². The number of hydrogen-bond donors (Lipinski definition) is 3. The minimum absolute atomic E-state index is 0.0671. The molecule has 8 nitrogen and oxygen atoms in total. The third-order valence-electron chi connectivity index (χ3n) is 4.18. The zero-order chi connectivity index (χ0) is 23.2. The first-order valence-corrected chi connectivity index (χ1v) is 10.0. The Hall–Kier alpha value is -3.26. The Morgan fingerprint density at radius 3 is 2.26 bits per heavy atom. The summed E-state index contributed by atoms with van der Waals surface area (Å²) in [6.07, 6.45) is 2.32. The molecule has 2 aromatic carbocycles. The van der Waals surface area contributed by atoms with Gasteiger partial charge < -0.3 is 29.9 Å². The summed E-state index contributed by atoms with van der Waals surface area (Å²) in [4.78, 5) is 24.2. The lowest BCUT2D eigenvalue weighted by atomic mass is 10.2. The quantitative estimate of drug-likeness (QED) is 0.385. The second-order valence-electron chi connectivity index (χ2n) is 6.99. The van der Waals surface area contributed by atoms with E-state index in [0.29, 0.717) is 12.2 Å². The lowest BCUT2D eigenvalue weighted by Gasteiger charge is -2.10. The number of phenols is 1. The predicted octanol–water partition coefficient (Wildman–Crippen LogP) is 3.72. The van der Waals surface area contributed by atoms with Crippen molar-refractivity contribution in [1.82, 2.24) is 4.90 Å². The second-order valence-corrected chi connectivity index (χ2v) is 6.99. The van der Waals surface area contributed by atoms with Crippen molar-refractivity contribution in [3.63, 3.8) is 0 Å². The molecule has 170 valence electrons. The normalized spacial score (nSPS) is 10.1. The smallest absolute Gasteiger partial charge is 0.338 e. The van der Waals surface area contributed by atoms with Crippen molar-refractivity contribution >= 4 is 17.6 Å². The number of nitrogens with zero attached hydrogens (tertiary/aromatic N) is 1. The van der Waals surface area contributed by atoms with Crippen LogP contribution in [0.1, 0.15) is 40.5 Å². The molecule has 0 amide bonds. The largest absolute Gasteiger partial charge is 0.504 e. The highest BCUT2D eigenvalue weighted by Crippen LogP contribution is 2.26. The Bertz CT molecular complexity index is 821. The highest BCUT2D eigenvalue weighted by Gasteiger charge is 2.07. The number of hydrogen-bond acceptors (Lipinski definition) is 7. The maximum Gasteiger partial charge on any atom is 0.338 e. The van der Waals surface area contributed by atoms with Crippen LogP contribution in [0.4, 0.5) is 5.69 Å². The van der Waals surface area contributed by atoms with Crippen LogP contribution in [-0.4, -0.2) is 68.0 Å². The summed E-state index contributed by atoms with van der Waals surface area (Å²) in [5.41, 5.74) is 1.72. The van der Waals surface area contributed by atoms with E-state index in [-0.39, 0.29) is 23.0 Å². The number of ether oxygens (including phenoxy) is 2. The Morgan fingerprint density at radius 1 is 1.06 bits per heavy atom. The summed E-state index contributed by atoms with van der Waals surface area (Å²) in [6.45, 7) is 4.28. The van der Waals surface area contributed by atoms with Crippen LogP contribution < -0.4 is 10.1 Å².